The lowest BCUT2D eigenvalue weighted by molar-refractivity contribution is -0.153. The lowest BCUT2D eigenvalue weighted by Gasteiger charge is -2.28. The summed E-state index contributed by atoms with van der Waals surface area (Å²) < 4.78 is 31.9. The third-order valence-electron chi connectivity index (χ3n) is 4.44. The Hall–Kier alpha value is -0.660. The van der Waals surface area contributed by atoms with Gasteiger partial charge in [0.2, 0.25) is 0 Å². The SMILES string of the molecule is CC(C)(C)OC(=O)CNCC[C@H]1CC[C@H](CCCOS(C)(=O)=O)CC1. The smallest absolute Gasteiger partial charge is 0.320 e. The van der Waals surface area contributed by atoms with Gasteiger partial charge in [-0.3, -0.25) is 8.98 Å². The average molecular weight is 378 g/mol. The van der Waals surface area contributed by atoms with E-state index in [2.05, 4.69) is 5.32 Å². The van der Waals surface area contributed by atoms with E-state index in [1.165, 1.54) is 25.7 Å². The Labute approximate surface area is 153 Å². The molecule has 0 heterocycles. The fourth-order valence-corrected chi connectivity index (χ4v) is 3.69. The molecule has 0 aromatic carbocycles. The number of nitrogens with one attached hydrogen (secondary N) is 1. The molecule has 0 unspecified atom stereocenters. The molecule has 0 amide bonds. The quantitative estimate of drug-likeness (QED) is 0.358. The standard InChI is InChI=1S/C18H35NO5S/c1-18(2,3)24-17(20)14-19-12-11-16-9-7-15(8-10-16)6-5-13-23-25(4,21)22/h15-16,19H,5-14H2,1-4H3/t15-,16-. The average Bonchev–Trinajstić information content (AvgIpc) is 2.47. The Morgan fingerprint density at radius 3 is 2.16 bits per heavy atom. The van der Waals surface area contributed by atoms with E-state index < -0.39 is 15.7 Å². The minimum atomic E-state index is -3.31. The summed E-state index contributed by atoms with van der Waals surface area (Å²) in [6.07, 6.45) is 8.86. The first-order valence-electron chi connectivity index (χ1n) is 9.32. The fraction of sp³-hybridized carbons (Fsp3) is 0.944. The number of hydrogen-bond acceptors (Lipinski definition) is 6. The van der Waals surface area contributed by atoms with Crippen LogP contribution in [0.15, 0.2) is 0 Å². The van der Waals surface area contributed by atoms with Crippen LogP contribution in [0.4, 0.5) is 0 Å². The van der Waals surface area contributed by atoms with Crippen molar-refractivity contribution >= 4 is 16.1 Å². The Morgan fingerprint density at radius 2 is 1.64 bits per heavy atom. The Morgan fingerprint density at radius 1 is 1.08 bits per heavy atom. The van der Waals surface area contributed by atoms with Crippen LogP contribution in [0.25, 0.3) is 0 Å². The molecule has 0 spiro atoms. The largest absolute Gasteiger partial charge is 0.459 e. The number of ether oxygens (including phenoxy) is 1. The van der Waals surface area contributed by atoms with Gasteiger partial charge in [-0.2, -0.15) is 8.42 Å². The maximum Gasteiger partial charge on any atom is 0.320 e. The maximum atomic E-state index is 11.6. The lowest BCUT2D eigenvalue weighted by atomic mass is 9.79. The molecule has 0 aliphatic heterocycles. The molecular weight excluding hydrogens is 342 g/mol. The summed E-state index contributed by atoms with van der Waals surface area (Å²) in [7, 11) is -3.31. The van der Waals surface area contributed by atoms with Gasteiger partial charge in [0.15, 0.2) is 0 Å². The molecule has 1 fully saturated rings. The van der Waals surface area contributed by atoms with Crippen LogP contribution in [0.5, 0.6) is 0 Å². The molecule has 0 aromatic heterocycles. The van der Waals surface area contributed by atoms with Crippen LogP contribution in [0, 0.1) is 11.8 Å². The first-order valence-corrected chi connectivity index (χ1v) is 11.1. The highest BCUT2D eigenvalue weighted by atomic mass is 32.2. The van der Waals surface area contributed by atoms with Crippen LogP contribution in [-0.2, 0) is 23.8 Å². The second-order valence-electron chi connectivity index (χ2n) is 8.11. The lowest BCUT2D eigenvalue weighted by Crippen LogP contribution is -2.32. The van der Waals surface area contributed by atoms with E-state index in [4.69, 9.17) is 8.92 Å². The zero-order chi connectivity index (χ0) is 18.9. The Balaban J connectivity index is 2.04. The summed E-state index contributed by atoms with van der Waals surface area (Å²) >= 11 is 0. The van der Waals surface area contributed by atoms with Crippen molar-refractivity contribution < 1.29 is 22.1 Å². The van der Waals surface area contributed by atoms with E-state index in [9.17, 15) is 13.2 Å². The van der Waals surface area contributed by atoms with Crippen molar-refractivity contribution in [3.05, 3.63) is 0 Å². The predicted octanol–water partition coefficient (Wildman–Crippen LogP) is 2.87. The minimum Gasteiger partial charge on any atom is -0.459 e. The minimum absolute atomic E-state index is 0.201. The van der Waals surface area contributed by atoms with Gasteiger partial charge in [-0.05, 0) is 58.4 Å². The molecule has 1 rings (SSSR count). The van der Waals surface area contributed by atoms with Crippen molar-refractivity contribution in [3.8, 4) is 0 Å². The zero-order valence-corrected chi connectivity index (χ0v) is 17.0. The predicted molar refractivity (Wildman–Crippen MR) is 98.8 cm³/mol. The molecule has 0 aromatic rings. The molecule has 0 bridgehead atoms. The summed E-state index contributed by atoms with van der Waals surface area (Å²) in [5, 5.41) is 3.17. The molecule has 7 heteroatoms. The van der Waals surface area contributed by atoms with Gasteiger partial charge in [-0.1, -0.05) is 25.7 Å². The molecule has 25 heavy (non-hydrogen) atoms. The highest BCUT2D eigenvalue weighted by Gasteiger charge is 2.21. The highest BCUT2D eigenvalue weighted by molar-refractivity contribution is 7.85. The Kier molecular flexibility index (Phi) is 9.38. The number of carbonyl (C=O) groups excluding carboxylic acids is 1. The number of esters is 1. The van der Waals surface area contributed by atoms with Gasteiger partial charge in [0, 0.05) is 0 Å². The molecule has 148 valence electrons. The van der Waals surface area contributed by atoms with Crippen LogP contribution in [0.1, 0.15) is 65.7 Å². The van der Waals surface area contributed by atoms with Crippen molar-refractivity contribution in [2.45, 2.75) is 71.3 Å². The van der Waals surface area contributed by atoms with Crippen LogP contribution in [0.3, 0.4) is 0 Å². The summed E-state index contributed by atoms with van der Waals surface area (Å²) in [5.41, 5.74) is -0.427. The van der Waals surface area contributed by atoms with Gasteiger partial charge in [-0.15, -0.1) is 0 Å². The summed E-state index contributed by atoms with van der Waals surface area (Å²) in [6, 6.07) is 0. The van der Waals surface area contributed by atoms with Gasteiger partial charge < -0.3 is 10.1 Å². The van der Waals surface area contributed by atoms with Crippen molar-refractivity contribution in [1.29, 1.82) is 0 Å². The molecular formula is C18H35NO5S. The third-order valence-corrected chi connectivity index (χ3v) is 5.03. The third kappa shape index (κ3) is 12.3. The van der Waals surface area contributed by atoms with Gasteiger partial charge in [0.1, 0.15) is 5.60 Å². The zero-order valence-electron chi connectivity index (χ0n) is 16.2. The number of carbonyl (C=O) groups is 1. The van der Waals surface area contributed by atoms with E-state index in [-0.39, 0.29) is 12.5 Å². The van der Waals surface area contributed by atoms with Crippen LogP contribution in [0.2, 0.25) is 0 Å². The van der Waals surface area contributed by atoms with Crippen LogP contribution >= 0.6 is 0 Å². The summed E-state index contributed by atoms with van der Waals surface area (Å²) in [6.45, 7) is 7.03. The molecule has 1 aliphatic rings. The van der Waals surface area contributed by atoms with Crippen molar-refractivity contribution in [2.75, 3.05) is 26.0 Å². The van der Waals surface area contributed by atoms with Crippen molar-refractivity contribution in [3.63, 3.8) is 0 Å². The topological polar surface area (TPSA) is 81.7 Å². The number of hydrogen-bond donors (Lipinski definition) is 1. The molecule has 0 saturated heterocycles. The van der Waals surface area contributed by atoms with Crippen LogP contribution < -0.4 is 5.32 Å². The van der Waals surface area contributed by atoms with Crippen molar-refractivity contribution in [2.24, 2.45) is 11.8 Å². The number of rotatable bonds is 10. The molecule has 1 aliphatic carbocycles. The van der Waals surface area contributed by atoms with Gasteiger partial charge in [0.05, 0.1) is 19.4 Å². The second-order valence-corrected chi connectivity index (χ2v) is 9.75. The molecule has 0 atom stereocenters. The van der Waals surface area contributed by atoms with Crippen molar-refractivity contribution in [1.82, 2.24) is 5.32 Å². The van der Waals surface area contributed by atoms with E-state index in [0.29, 0.717) is 12.5 Å². The molecule has 0 radical (unpaired) electrons. The second kappa shape index (κ2) is 10.5. The first-order chi connectivity index (χ1) is 11.6. The molecule has 6 nitrogen and oxygen atoms in total. The van der Waals surface area contributed by atoms with E-state index in [1.807, 2.05) is 20.8 Å². The van der Waals surface area contributed by atoms with Gasteiger partial charge in [-0.25, -0.2) is 0 Å². The summed E-state index contributed by atoms with van der Waals surface area (Å²) in [5.74, 6) is 1.20. The molecule has 1 saturated carbocycles. The maximum absolute atomic E-state index is 11.6. The normalized spacial score (nSPS) is 21.9. The van der Waals surface area contributed by atoms with E-state index in [1.54, 1.807) is 0 Å². The monoisotopic (exact) mass is 377 g/mol. The van der Waals surface area contributed by atoms with Gasteiger partial charge >= 0.3 is 5.97 Å². The van der Waals surface area contributed by atoms with E-state index >= 15 is 0 Å². The van der Waals surface area contributed by atoms with E-state index in [0.717, 1.165) is 38.0 Å². The molecule has 1 N–H and O–H groups in total. The first kappa shape index (κ1) is 22.4. The highest BCUT2D eigenvalue weighted by Crippen LogP contribution is 2.33. The fourth-order valence-electron chi connectivity index (χ4n) is 3.27. The Bertz CT molecular complexity index is 490. The van der Waals surface area contributed by atoms with Gasteiger partial charge in [0.25, 0.3) is 10.1 Å². The van der Waals surface area contributed by atoms with Crippen LogP contribution in [-0.4, -0.2) is 45.9 Å². The summed E-state index contributed by atoms with van der Waals surface area (Å²) in [4.78, 5) is 11.6.